The summed E-state index contributed by atoms with van der Waals surface area (Å²) in [5.74, 6) is -0.650. The number of carbonyl (C=O) groups is 1. The molecule has 0 spiro atoms. The van der Waals surface area contributed by atoms with Gasteiger partial charge in [0.15, 0.2) is 19.7 Å². The zero-order chi connectivity index (χ0) is 38.0. The fourth-order valence-electron chi connectivity index (χ4n) is 6.99. The van der Waals surface area contributed by atoms with Gasteiger partial charge < -0.3 is 9.84 Å². The van der Waals surface area contributed by atoms with Gasteiger partial charge in [0.2, 0.25) is 0 Å². The Labute approximate surface area is 314 Å². The number of benzene rings is 5. The molecule has 0 aliphatic heterocycles. The van der Waals surface area contributed by atoms with Crippen LogP contribution in [0.3, 0.4) is 0 Å². The van der Waals surface area contributed by atoms with Crippen molar-refractivity contribution in [1.82, 2.24) is 0 Å². The Kier molecular flexibility index (Phi) is 13.1. The lowest BCUT2D eigenvalue weighted by Crippen LogP contribution is -2.49. The van der Waals surface area contributed by atoms with Crippen LogP contribution in [0.4, 0.5) is 0 Å². The van der Waals surface area contributed by atoms with E-state index < -0.39 is 47.3 Å². The van der Waals surface area contributed by atoms with Gasteiger partial charge in [-0.1, -0.05) is 122 Å². The first-order valence-electron chi connectivity index (χ1n) is 18.0. The van der Waals surface area contributed by atoms with Crippen molar-refractivity contribution in [3.05, 3.63) is 168 Å². The maximum atomic E-state index is 14.7. The van der Waals surface area contributed by atoms with Gasteiger partial charge in [0.1, 0.15) is 10.9 Å². The highest BCUT2D eigenvalue weighted by molar-refractivity contribution is 7.92. The molecule has 9 heteroatoms. The van der Waals surface area contributed by atoms with Gasteiger partial charge in [-0.15, -0.1) is 0 Å². The third-order valence-corrected chi connectivity index (χ3v) is 14.9. The van der Waals surface area contributed by atoms with Crippen molar-refractivity contribution in [1.29, 1.82) is 0 Å². The molecule has 0 bridgehead atoms. The van der Waals surface area contributed by atoms with Crippen molar-refractivity contribution in [2.24, 2.45) is 0 Å². The second-order valence-electron chi connectivity index (χ2n) is 14.0. The Hall–Kier alpha value is -4.57. The summed E-state index contributed by atoms with van der Waals surface area (Å²) in [5, 5.41) is 9.49. The smallest absolute Gasteiger partial charge is 0.338 e. The number of sulfone groups is 2. The Morgan fingerprint density at radius 3 is 1.42 bits per heavy atom. The lowest BCUT2D eigenvalue weighted by molar-refractivity contribution is -0.0168. The highest BCUT2D eigenvalue weighted by Gasteiger charge is 2.47. The average molecular weight is 753 g/mol. The zero-order valence-electron chi connectivity index (χ0n) is 30.3. The number of hydrogen-bond donors (Lipinski definition) is 1. The van der Waals surface area contributed by atoms with Gasteiger partial charge in [0, 0.05) is 0 Å². The summed E-state index contributed by atoms with van der Waals surface area (Å²) in [5.41, 5.74) is -0.978. The molecule has 0 radical (unpaired) electrons. The van der Waals surface area contributed by atoms with E-state index in [-0.39, 0.29) is 47.5 Å². The third kappa shape index (κ3) is 10.1. The minimum absolute atomic E-state index is 0.0266. The molecule has 0 amide bonds. The van der Waals surface area contributed by atoms with Crippen LogP contribution in [0, 0.1) is 0 Å². The van der Waals surface area contributed by atoms with Gasteiger partial charge in [0.05, 0.1) is 26.2 Å². The highest BCUT2D eigenvalue weighted by atomic mass is 32.2. The molecule has 5 rings (SSSR count). The minimum atomic E-state index is -4.15. The third-order valence-electron chi connectivity index (χ3n) is 10.1. The van der Waals surface area contributed by atoms with E-state index in [1.54, 1.807) is 80.6 Å². The van der Waals surface area contributed by atoms with E-state index in [1.165, 1.54) is 24.3 Å². The van der Waals surface area contributed by atoms with E-state index in [9.17, 15) is 26.7 Å². The predicted molar refractivity (Wildman–Crippen MR) is 209 cm³/mol. The minimum Gasteiger partial charge on any atom is -0.454 e. The van der Waals surface area contributed by atoms with Crippen LogP contribution in [0.1, 0.15) is 67.4 Å². The molecule has 0 aromatic heterocycles. The molecule has 7 nitrogen and oxygen atoms in total. The van der Waals surface area contributed by atoms with Crippen LogP contribution in [-0.4, -0.2) is 49.6 Å². The number of aliphatic hydroxyl groups is 1. The second-order valence-corrected chi connectivity index (χ2v) is 18.3. The number of rotatable bonds is 18. The lowest BCUT2D eigenvalue weighted by Gasteiger charge is -2.38. The number of hydrogen-bond acceptors (Lipinski definition) is 7. The van der Waals surface area contributed by atoms with Gasteiger partial charge in [-0.05, 0) is 99.9 Å². The maximum Gasteiger partial charge on any atom is 0.338 e. The van der Waals surface area contributed by atoms with Crippen molar-refractivity contribution >= 4 is 25.6 Å². The van der Waals surface area contributed by atoms with Gasteiger partial charge in [0.25, 0.3) is 0 Å². The number of esters is 1. The highest BCUT2D eigenvalue weighted by Crippen LogP contribution is 2.38. The van der Waals surface area contributed by atoms with Crippen LogP contribution in [-0.2, 0) is 37.3 Å². The first-order valence-corrected chi connectivity index (χ1v) is 21.1. The quantitative estimate of drug-likeness (QED) is 0.0894. The maximum absolute atomic E-state index is 14.7. The normalized spacial score (nSPS) is 15.4. The summed E-state index contributed by atoms with van der Waals surface area (Å²) < 4.78 is 64.3. The molecule has 0 aliphatic rings. The standard InChI is InChI=1S/C44H48O7S2/c1-43(46,33-31-35-19-8-3-9-20-35)40(52(47,48)38-25-14-6-15-26-38)29-18-30-41(53(49,50)39-27-16-7-17-28-39)44(2,34-32-36-21-10-4-11-22-36)51-42(45)37-23-12-5-13-24-37/h3-17,19-28,40-41,46H,18,29-34H2,1-2H3. The van der Waals surface area contributed by atoms with Crippen molar-refractivity contribution in [3.8, 4) is 0 Å². The van der Waals surface area contributed by atoms with E-state index in [1.807, 2.05) is 60.7 Å². The van der Waals surface area contributed by atoms with Gasteiger partial charge in [-0.2, -0.15) is 0 Å². The topological polar surface area (TPSA) is 115 Å². The van der Waals surface area contributed by atoms with Crippen molar-refractivity contribution in [3.63, 3.8) is 0 Å². The second kappa shape index (κ2) is 17.5. The van der Waals surface area contributed by atoms with E-state index in [2.05, 4.69) is 0 Å². The van der Waals surface area contributed by atoms with E-state index in [4.69, 9.17) is 4.74 Å². The van der Waals surface area contributed by atoms with Crippen molar-refractivity contribution < 1.29 is 31.5 Å². The molecule has 4 atom stereocenters. The molecule has 4 unspecified atom stereocenters. The summed E-state index contributed by atoms with van der Waals surface area (Å²) in [6, 6.07) is 43.7. The summed E-state index contributed by atoms with van der Waals surface area (Å²) in [6.45, 7) is 3.21. The summed E-state index contributed by atoms with van der Waals surface area (Å²) in [4.78, 5) is 13.9. The Balaban J connectivity index is 1.52. The van der Waals surface area contributed by atoms with Crippen LogP contribution in [0.15, 0.2) is 161 Å². The predicted octanol–water partition coefficient (Wildman–Crippen LogP) is 8.47. The van der Waals surface area contributed by atoms with E-state index in [0.717, 1.165) is 11.1 Å². The zero-order valence-corrected chi connectivity index (χ0v) is 31.9. The number of carbonyl (C=O) groups excluding carboxylic acids is 1. The van der Waals surface area contributed by atoms with Crippen LogP contribution in [0.25, 0.3) is 0 Å². The summed E-state index contributed by atoms with van der Waals surface area (Å²) in [6.07, 6.45) is 1.29. The molecule has 0 aliphatic carbocycles. The fraction of sp³-hybridized carbons (Fsp3) is 0.295. The van der Waals surface area contributed by atoms with Gasteiger partial charge >= 0.3 is 5.97 Å². The Bertz CT molecular complexity index is 2110. The van der Waals surface area contributed by atoms with Gasteiger partial charge in [-0.25, -0.2) is 21.6 Å². The van der Waals surface area contributed by atoms with Crippen molar-refractivity contribution in [2.45, 2.75) is 90.3 Å². The van der Waals surface area contributed by atoms with E-state index >= 15 is 0 Å². The molecule has 0 saturated heterocycles. The molecule has 1 N–H and O–H groups in total. The molecule has 5 aromatic carbocycles. The largest absolute Gasteiger partial charge is 0.454 e. The molecule has 53 heavy (non-hydrogen) atoms. The molecule has 0 saturated carbocycles. The molecular formula is C44H48O7S2. The van der Waals surface area contributed by atoms with E-state index in [0.29, 0.717) is 12.8 Å². The van der Waals surface area contributed by atoms with Crippen LogP contribution in [0.5, 0.6) is 0 Å². The SMILES string of the molecule is CC(O)(CCc1ccccc1)C(CCCC(C(C)(CCc1ccccc1)OC(=O)c1ccccc1)S(=O)(=O)c1ccccc1)S(=O)(=O)c1ccccc1. The number of ether oxygens (including phenoxy) is 1. The molecule has 0 heterocycles. The van der Waals surface area contributed by atoms with Gasteiger partial charge in [-0.3, -0.25) is 0 Å². The summed E-state index contributed by atoms with van der Waals surface area (Å²) in [7, 11) is -8.22. The first-order chi connectivity index (χ1) is 25.3. The molecular weight excluding hydrogens is 705 g/mol. The Morgan fingerprint density at radius 2 is 0.943 bits per heavy atom. The average Bonchev–Trinajstić information content (AvgIpc) is 3.18. The van der Waals surface area contributed by atoms with Crippen LogP contribution < -0.4 is 0 Å². The first kappa shape index (κ1) is 39.6. The van der Waals surface area contributed by atoms with Crippen LogP contribution in [0.2, 0.25) is 0 Å². The molecule has 0 fully saturated rings. The van der Waals surface area contributed by atoms with Crippen molar-refractivity contribution in [2.75, 3.05) is 0 Å². The Morgan fingerprint density at radius 1 is 0.566 bits per heavy atom. The lowest BCUT2D eigenvalue weighted by atomic mass is 9.87. The molecule has 278 valence electrons. The summed E-state index contributed by atoms with van der Waals surface area (Å²) >= 11 is 0. The number of aryl methyl sites for hydroxylation is 2. The monoisotopic (exact) mass is 752 g/mol. The molecule has 5 aromatic rings. The van der Waals surface area contributed by atoms with Crippen LogP contribution >= 0.6 is 0 Å². The fourth-order valence-corrected chi connectivity index (χ4v) is 11.3.